The Morgan fingerprint density at radius 2 is 2.00 bits per heavy atom. The zero-order valence-electron chi connectivity index (χ0n) is 21.1. The van der Waals surface area contributed by atoms with E-state index in [2.05, 4.69) is 36.7 Å². The number of fused-ring (bicyclic) bond motifs is 2. The van der Waals surface area contributed by atoms with Crippen LogP contribution < -0.4 is 14.8 Å². The van der Waals surface area contributed by atoms with E-state index in [9.17, 15) is 9.59 Å². The number of rotatable bonds is 6. The number of H-pyrrole nitrogens is 1. The van der Waals surface area contributed by atoms with Crippen molar-refractivity contribution in [3.8, 4) is 22.9 Å². The molecule has 0 amide bonds. The molecule has 2 aromatic heterocycles. The fourth-order valence-electron chi connectivity index (χ4n) is 5.99. The first-order valence-electron chi connectivity index (χ1n) is 13.2. The van der Waals surface area contributed by atoms with Crippen molar-refractivity contribution in [3.05, 3.63) is 53.7 Å². The number of benzene rings is 2. The third kappa shape index (κ3) is 4.39. The summed E-state index contributed by atoms with van der Waals surface area (Å²) < 4.78 is 14.8. The molecule has 2 aromatic carbocycles. The van der Waals surface area contributed by atoms with Crippen LogP contribution >= 0.6 is 0 Å². The summed E-state index contributed by atoms with van der Waals surface area (Å²) >= 11 is 0. The molecule has 1 saturated heterocycles. The van der Waals surface area contributed by atoms with Gasteiger partial charge in [-0.25, -0.2) is 5.10 Å². The second-order valence-electron chi connectivity index (χ2n) is 10.3. The second kappa shape index (κ2) is 10.2. The van der Waals surface area contributed by atoms with Crippen molar-refractivity contribution in [2.24, 2.45) is 5.92 Å². The normalized spacial score (nSPS) is 19.8. The van der Waals surface area contributed by atoms with Crippen molar-refractivity contribution < 1.29 is 19.1 Å². The van der Waals surface area contributed by atoms with Gasteiger partial charge in [0.2, 0.25) is 0 Å². The van der Waals surface area contributed by atoms with Gasteiger partial charge >= 0.3 is 29.6 Å². The predicted octanol–water partition coefficient (Wildman–Crippen LogP) is 3.10. The molecule has 1 aliphatic carbocycles. The average Bonchev–Trinajstić information content (AvgIpc) is 3.43. The molecule has 2 aliphatic heterocycles. The first-order chi connectivity index (χ1) is 18.6. The minimum atomic E-state index is -0.975. The van der Waals surface area contributed by atoms with Gasteiger partial charge in [0, 0.05) is 41.6 Å². The Bertz CT molecular complexity index is 1560. The van der Waals surface area contributed by atoms with E-state index in [-0.39, 0.29) is 41.1 Å². The van der Waals surface area contributed by atoms with Crippen LogP contribution in [0.5, 0.6) is 11.5 Å². The monoisotopic (exact) mass is 536 g/mol. The molecule has 4 aromatic rings. The molecule has 1 spiro atoms. The van der Waals surface area contributed by atoms with E-state index < -0.39 is 11.5 Å². The van der Waals surface area contributed by atoms with Crippen LogP contribution in [0.15, 0.2) is 42.6 Å². The Morgan fingerprint density at radius 3 is 2.72 bits per heavy atom. The molecule has 0 unspecified atom stereocenters. The van der Waals surface area contributed by atoms with Crippen molar-refractivity contribution in [3.63, 3.8) is 0 Å². The van der Waals surface area contributed by atoms with E-state index in [1.54, 1.807) is 18.2 Å². The molecular formula is C28H29N6NaO4. The second-order valence-corrected chi connectivity index (χ2v) is 10.3. The van der Waals surface area contributed by atoms with Crippen molar-refractivity contribution >= 4 is 52.0 Å². The van der Waals surface area contributed by atoms with E-state index in [1.165, 1.54) is 0 Å². The molecule has 11 heteroatoms. The number of Topliss-reactive ketones (excluding diaryl/α,β-unsaturated/α-hetero) is 2. The SMILES string of the molecule is CCOc1cc(C(=O)[C@@H]2C(=O)c3cc(-c4nnn[nH]4)ccc3OC23CCNCC3)cc2c1ccn2C1CC1.[NaH]. The number of tetrazole rings is 1. The van der Waals surface area contributed by atoms with Crippen molar-refractivity contribution in [1.29, 1.82) is 0 Å². The van der Waals surface area contributed by atoms with Gasteiger partial charge in [0.15, 0.2) is 17.4 Å². The van der Waals surface area contributed by atoms with Crippen LogP contribution in [0, 0.1) is 5.92 Å². The van der Waals surface area contributed by atoms with Gasteiger partial charge < -0.3 is 19.4 Å². The van der Waals surface area contributed by atoms with Crippen LogP contribution in [0.4, 0.5) is 0 Å². The molecule has 7 rings (SSSR count). The number of ether oxygens (including phenoxy) is 2. The van der Waals surface area contributed by atoms with Gasteiger partial charge in [-0.05, 0) is 79.7 Å². The van der Waals surface area contributed by atoms with E-state index in [1.807, 2.05) is 25.1 Å². The minimum absolute atomic E-state index is 0. The third-order valence-electron chi connectivity index (χ3n) is 8.00. The maximum absolute atomic E-state index is 14.4. The Kier molecular flexibility index (Phi) is 6.83. The predicted molar refractivity (Wildman–Crippen MR) is 146 cm³/mol. The van der Waals surface area contributed by atoms with Gasteiger partial charge in [-0.2, -0.15) is 0 Å². The maximum atomic E-state index is 14.4. The summed E-state index contributed by atoms with van der Waals surface area (Å²) in [6.07, 6.45) is 5.43. The molecule has 0 bridgehead atoms. The van der Waals surface area contributed by atoms with Gasteiger partial charge in [0.1, 0.15) is 23.0 Å². The number of carbonyl (C=O) groups is 2. The number of hydrogen-bond acceptors (Lipinski definition) is 8. The topological polar surface area (TPSA) is 124 Å². The number of piperidine rings is 1. The van der Waals surface area contributed by atoms with Crippen molar-refractivity contribution in [2.75, 3.05) is 19.7 Å². The average molecular weight is 537 g/mol. The fraction of sp³-hybridized carbons (Fsp3) is 0.393. The molecule has 1 atom stereocenters. The van der Waals surface area contributed by atoms with Crippen molar-refractivity contribution in [1.82, 2.24) is 30.5 Å². The van der Waals surface area contributed by atoms with E-state index in [0.717, 1.165) is 23.7 Å². The Balaban J connectivity index is 0.00000277. The fourth-order valence-corrected chi connectivity index (χ4v) is 5.99. The molecule has 10 nitrogen and oxygen atoms in total. The first-order valence-corrected chi connectivity index (χ1v) is 13.2. The molecule has 3 aliphatic rings. The number of ketones is 2. The van der Waals surface area contributed by atoms with Gasteiger partial charge in [-0.1, -0.05) is 0 Å². The van der Waals surface area contributed by atoms with Crippen LogP contribution in [0.1, 0.15) is 59.4 Å². The summed E-state index contributed by atoms with van der Waals surface area (Å²) in [4.78, 5) is 28.6. The van der Waals surface area contributed by atoms with Gasteiger partial charge in [0.25, 0.3) is 0 Å². The third-order valence-corrected chi connectivity index (χ3v) is 8.00. The standard InChI is InChI=1S/C28H28N6O4.Na.H/c1-2-37-23-15-17(14-21-19(23)7-12-34(21)18-4-5-18)25(35)24-26(36)20-13-16(27-30-32-33-31-27)3-6-22(20)38-28(24)8-10-29-11-9-28;;/h3,6-7,12-15,18,24,29H,2,4-5,8-11H2,1H3,(H,30,31,32,33);;/t24-;;/m1../s1. The number of carbonyl (C=O) groups excluding carboxylic acids is 2. The summed E-state index contributed by atoms with van der Waals surface area (Å²) in [5, 5.41) is 18.3. The summed E-state index contributed by atoms with van der Waals surface area (Å²) in [5.74, 6) is 0.153. The van der Waals surface area contributed by atoms with Crippen molar-refractivity contribution in [2.45, 2.75) is 44.2 Å². The first kappa shape index (κ1) is 26.2. The number of aromatic nitrogens is 5. The summed E-state index contributed by atoms with van der Waals surface area (Å²) in [7, 11) is 0. The Labute approximate surface area is 247 Å². The molecule has 4 heterocycles. The molecule has 196 valence electrons. The van der Waals surface area contributed by atoms with Gasteiger partial charge in [-0.3, -0.25) is 9.59 Å². The molecule has 2 N–H and O–H groups in total. The van der Waals surface area contributed by atoms with Crippen LogP contribution in [0.3, 0.4) is 0 Å². The summed E-state index contributed by atoms with van der Waals surface area (Å²) in [6, 6.07) is 11.5. The van der Waals surface area contributed by atoms with E-state index >= 15 is 0 Å². The van der Waals surface area contributed by atoms with Crippen LogP contribution in [0.25, 0.3) is 22.3 Å². The van der Waals surface area contributed by atoms with Crippen LogP contribution in [0.2, 0.25) is 0 Å². The van der Waals surface area contributed by atoms with E-state index in [0.29, 0.717) is 72.6 Å². The number of nitrogens with zero attached hydrogens (tertiary/aromatic N) is 4. The zero-order chi connectivity index (χ0) is 25.9. The summed E-state index contributed by atoms with van der Waals surface area (Å²) in [6.45, 7) is 3.75. The van der Waals surface area contributed by atoms with Gasteiger partial charge in [-0.15, -0.1) is 5.10 Å². The van der Waals surface area contributed by atoms with Gasteiger partial charge in [0.05, 0.1) is 17.7 Å². The number of aromatic amines is 1. The Morgan fingerprint density at radius 1 is 1.18 bits per heavy atom. The molecule has 1 saturated carbocycles. The summed E-state index contributed by atoms with van der Waals surface area (Å²) in [5.41, 5.74) is 1.54. The molecular weight excluding hydrogens is 507 g/mol. The van der Waals surface area contributed by atoms with Crippen LogP contribution in [-0.2, 0) is 0 Å². The Hall–Kier alpha value is -3.05. The molecule has 2 fully saturated rings. The number of hydrogen-bond donors (Lipinski definition) is 2. The van der Waals surface area contributed by atoms with Crippen LogP contribution in [-0.4, -0.2) is 91.6 Å². The zero-order valence-corrected chi connectivity index (χ0v) is 21.1. The molecule has 39 heavy (non-hydrogen) atoms. The molecule has 0 radical (unpaired) electrons. The quantitative estimate of drug-likeness (QED) is 0.219. The van der Waals surface area contributed by atoms with E-state index in [4.69, 9.17) is 9.47 Å². The number of nitrogens with one attached hydrogen (secondary N) is 2.